The first kappa shape index (κ1) is 12.9. The highest BCUT2D eigenvalue weighted by Crippen LogP contribution is 2.32. The minimum absolute atomic E-state index is 0.257. The molecule has 8 heteroatoms. The van der Waals surface area contributed by atoms with E-state index in [0.29, 0.717) is 20.7 Å². The highest BCUT2D eigenvalue weighted by atomic mass is 32.2. The molecule has 0 spiro atoms. The predicted molar refractivity (Wildman–Crippen MR) is 75.3 cm³/mol. The molecule has 6 nitrogen and oxygen atoms in total. The first-order chi connectivity index (χ1) is 9.63. The first-order valence-corrected chi connectivity index (χ1v) is 7.23. The Kier molecular flexibility index (Phi) is 3.33. The summed E-state index contributed by atoms with van der Waals surface area (Å²) in [7, 11) is 0. The molecule has 20 heavy (non-hydrogen) atoms. The van der Waals surface area contributed by atoms with E-state index in [2.05, 4.69) is 19.9 Å². The van der Waals surface area contributed by atoms with Crippen LogP contribution in [0, 0.1) is 6.92 Å². The highest BCUT2D eigenvalue weighted by Gasteiger charge is 2.15. The summed E-state index contributed by atoms with van der Waals surface area (Å²) in [6.07, 6.45) is 3.19. The van der Waals surface area contributed by atoms with Crippen LogP contribution in [0.2, 0.25) is 0 Å². The number of hydrogen-bond donors (Lipinski definition) is 1. The summed E-state index contributed by atoms with van der Waals surface area (Å²) in [5.41, 5.74) is 1.80. The SMILES string of the molecule is Cc1nc(Sc2ccc3nccnc3n2)sc1C(=O)O. The van der Waals surface area contributed by atoms with Crippen molar-refractivity contribution >= 4 is 40.2 Å². The number of carbonyl (C=O) groups is 1. The Labute approximate surface area is 121 Å². The number of fused-ring (bicyclic) bond motifs is 1. The number of aromatic nitrogens is 4. The van der Waals surface area contributed by atoms with E-state index in [-0.39, 0.29) is 4.88 Å². The predicted octanol–water partition coefficient (Wildman–Crippen LogP) is 2.64. The van der Waals surface area contributed by atoms with Gasteiger partial charge in [0.25, 0.3) is 0 Å². The number of thiazole rings is 1. The van der Waals surface area contributed by atoms with Crippen molar-refractivity contribution in [2.45, 2.75) is 16.3 Å². The summed E-state index contributed by atoms with van der Waals surface area (Å²) in [5, 5.41) is 9.73. The van der Waals surface area contributed by atoms with E-state index in [4.69, 9.17) is 5.11 Å². The monoisotopic (exact) mass is 304 g/mol. The van der Waals surface area contributed by atoms with E-state index in [1.807, 2.05) is 12.1 Å². The number of aromatic carboxylic acids is 1. The van der Waals surface area contributed by atoms with Crippen LogP contribution in [-0.4, -0.2) is 31.0 Å². The molecule has 100 valence electrons. The third kappa shape index (κ3) is 2.47. The van der Waals surface area contributed by atoms with Crippen molar-refractivity contribution in [1.29, 1.82) is 0 Å². The number of nitrogens with zero attached hydrogens (tertiary/aromatic N) is 4. The zero-order chi connectivity index (χ0) is 14.1. The molecule has 0 amide bonds. The molecule has 0 bridgehead atoms. The van der Waals surface area contributed by atoms with E-state index >= 15 is 0 Å². The average Bonchev–Trinajstić information content (AvgIpc) is 2.79. The van der Waals surface area contributed by atoms with Crippen molar-refractivity contribution in [3.05, 3.63) is 35.1 Å². The summed E-state index contributed by atoms with van der Waals surface area (Å²) in [6.45, 7) is 1.68. The lowest BCUT2D eigenvalue weighted by atomic mass is 10.4. The topological polar surface area (TPSA) is 88.9 Å². The van der Waals surface area contributed by atoms with Crippen molar-refractivity contribution in [3.8, 4) is 0 Å². The summed E-state index contributed by atoms with van der Waals surface area (Å²) >= 11 is 2.46. The van der Waals surface area contributed by atoms with Crippen molar-refractivity contribution in [1.82, 2.24) is 19.9 Å². The van der Waals surface area contributed by atoms with Gasteiger partial charge in [-0.3, -0.25) is 4.98 Å². The fourth-order valence-electron chi connectivity index (χ4n) is 1.60. The third-order valence-corrected chi connectivity index (χ3v) is 4.61. The lowest BCUT2D eigenvalue weighted by Gasteiger charge is -1.98. The molecule has 3 heterocycles. The van der Waals surface area contributed by atoms with E-state index in [9.17, 15) is 4.79 Å². The van der Waals surface area contributed by atoms with Gasteiger partial charge in [0.05, 0.1) is 5.69 Å². The fourth-order valence-corrected chi connectivity index (χ4v) is 3.54. The molecule has 0 saturated heterocycles. The Morgan fingerprint density at radius 3 is 2.80 bits per heavy atom. The second-order valence-corrected chi connectivity index (χ2v) is 6.12. The molecular formula is C12H8N4O2S2. The minimum Gasteiger partial charge on any atom is -0.477 e. The van der Waals surface area contributed by atoms with Gasteiger partial charge in [0.2, 0.25) is 0 Å². The number of hydrogen-bond acceptors (Lipinski definition) is 7. The molecule has 0 unspecified atom stereocenters. The molecule has 0 aliphatic heterocycles. The number of carboxylic acid groups (broad SMARTS) is 1. The van der Waals surface area contributed by atoms with Crippen LogP contribution in [0.15, 0.2) is 33.9 Å². The molecule has 3 rings (SSSR count). The standard InChI is InChI=1S/C12H8N4O2S2/c1-6-9(11(17)18)20-12(15-6)19-8-3-2-7-10(16-8)14-5-4-13-7/h2-5H,1H3,(H,17,18). The van der Waals surface area contributed by atoms with E-state index in [1.165, 1.54) is 11.8 Å². The lowest BCUT2D eigenvalue weighted by Crippen LogP contribution is -1.94. The zero-order valence-electron chi connectivity index (χ0n) is 10.3. The van der Waals surface area contributed by atoms with Gasteiger partial charge in [0.1, 0.15) is 15.4 Å². The maximum absolute atomic E-state index is 11.0. The Morgan fingerprint density at radius 2 is 2.05 bits per heavy atom. The Morgan fingerprint density at radius 1 is 1.25 bits per heavy atom. The maximum Gasteiger partial charge on any atom is 0.347 e. The van der Waals surface area contributed by atoms with Gasteiger partial charge in [-0.2, -0.15) is 0 Å². The Hall–Kier alpha value is -2.06. The molecule has 0 saturated carbocycles. The Balaban J connectivity index is 1.92. The largest absolute Gasteiger partial charge is 0.477 e. The molecule has 1 N–H and O–H groups in total. The number of aryl methyl sites for hydroxylation is 1. The van der Waals surface area contributed by atoms with Gasteiger partial charge in [-0.15, -0.1) is 0 Å². The van der Waals surface area contributed by atoms with Crippen LogP contribution in [-0.2, 0) is 0 Å². The average molecular weight is 304 g/mol. The van der Waals surface area contributed by atoms with Crippen LogP contribution in [0.25, 0.3) is 11.2 Å². The number of carboxylic acids is 1. The van der Waals surface area contributed by atoms with Crippen LogP contribution in [0.4, 0.5) is 0 Å². The molecular weight excluding hydrogens is 296 g/mol. The smallest absolute Gasteiger partial charge is 0.347 e. The van der Waals surface area contributed by atoms with Crippen molar-refractivity contribution in [3.63, 3.8) is 0 Å². The summed E-state index contributed by atoms with van der Waals surface area (Å²) < 4.78 is 0.649. The van der Waals surface area contributed by atoms with Gasteiger partial charge < -0.3 is 5.11 Å². The minimum atomic E-state index is -0.954. The quantitative estimate of drug-likeness (QED) is 0.795. The molecule has 0 aliphatic carbocycles. The summed E-state index contributed by atoms with van der Waals surface area (Å²) in [5.74, 6) is -0.954. The second kappa shape index (κ2) is 5.14. The van der Waals surface area contributed by atoms with Crippen molar-refractivity contribution < 1.29 is 9.90 Å². The molecule has 3 aromatic heterocycles. The maximum atomic E-state index is 11.0. The van der Waals surface area contributed by atoms with Gasteiger partial charge >= 0.3 is 5.97 Å². The Bertz CT molecular complexity index is 803. The first-order valence-electron chi connectivity index (χ1n) is 5.60. The van der Waals surface area contributed by atoms with Crippen LogP contribution in [0.3, 0.4) is 0 Å². The van der Waals surface area contributed by atoms with Gasteiger partial charge in [-0.25, -0.2) is 19.7 Å². The second-order valence-electron chi connectivity index (χ2n) is 3.85. The normalized spacial score (nSPS) is 10.8. The van der Waals surface area contributed by atoms with Crippen LogP contribution in [0.5, 0.6) is 0 Å². The van der Waals surface area contributed by atoms with Gasteiger partial charge in [0.15, 0.2) is 9.99 Å². The third-order valence-electron chi connectivity index (χ3n) is 2.47. The van der Waals surface area contributed by atoms with Crippen molar-refractivity contribution in [2.24, 2.45) is 0 Å². The molecule has 0 atom stereocenters. The fraction of sp³-hybridized carbons (Fsp3) is 0.0833. The lowest BCUT2D eigenvalue weighted by molar-refractivity contribution is 0.0701. The summed E-state index contributed by atoms with van der Waals surface area (Å²) in [4.78, 5) is 28.1. The van der Waals surface area contributed by atoms with Crippen molar-refractivity contribution in [2.75, 3.05) is 0 Å². The van der Waals surface area contributed by atoms with Gasteiger partial charge in [0, 0.05) is 12.4 Å². The van der Waals surface area contributed by atoms with Crippen LogP contribution >= 0.6 is 23.1 Å². The number of pyridine rings is 1. The molecule has 3 aromatic rings. The molecule has 0 aromatic carbocycles. The van der Waals surface area contributed by atoms with E-state index in [0.717, 1.165) is 16.9 Å². The van der Waals surface area contributed by atoms with Crippen LogP contribution < -0.4 is 0 Å². The van der Waals surface area contributed by atoms with E-state index < -0.39 is 5.97 Å². The highest BCUT2D eigenvalue weighted by molar-refractivity contribution is 8.01. The molecule has 0 fully saturated rings. The van der Waals surface area contributed by atoms with Gasteiger partial charge in [-0.05, 0) is 30.8 Å². The van der Waals surface area contributed by atoms with E-state index in [1.54, 1.807) is 19.3 Å². The molecule has 0 radical (unpaired) electrons. The number of rotatable bonds is 3. The van der Waals surface area contributed by atoms with Gasteiger partial charge in [-0.1, -0.05) is 11.3 Å². The van der Waals surface area contributed by atoms with Crippen LogP contribution in [0.1, 0.15) is 15.4 Å². The molecule has 0 aliphatic rings. The zero-order valence-corrected chi connectivity index (χ0v) is 11.9. The summed E-state index contributed by atoms with van der Waals surface area (Å²) in [6, 6.07) is 3.65.